The van der Waals surface area contributed by atoms with Gasteiger partial charge in [-0.3, -0.25) is 9.59 Å². The summed E-state index contributed by atoms with van der Waals surface area (Å²) < 4.78 is 10.4. The van der Waals surface area contributed by atoms with Gasteiger partial charge in [0.05, 0.1) is 26.7 Å². The number of nitrogens with one attached hydrogen (secondary N) is 1. The van der Waals surface area contributed by atoms with Crippen LogP contribution < -0.4 is 14.8 Å². The van der Waals surface area contributed by atoms with Crippen molar-refractivity contribution < 1.29 is 24.2 Å². The first-order valence-electron chi connectivity index (χ1n) is 7.35. The zero-order chi connectivity index (χ0) is 17.5. The van der Waals surface area contributed by atoms with Gasteiger partial charge in [0.1, 0.15) is 17.1 Å². The molecule has 0 aliphatic carbocycles. The van der Waals surface area contributed by atoms with Crippen LogP contribution in [0.1, 0.15) is 28.4 Å². The Labute approximate surface area is 140 Å². The van der Waals surface area contributed by atoms with Crippen molar-refractivity contribution in [1.82, 2.24) is 5.32 Å². The van der Waals surface area contributed by atoms with E-state index in [-0.39, 0.29) is 12.0 Å². The number of carboxylic acids is 1. The standard InChI is InChI=1S/C18H19NO5/c1-23-14-9-6-10-15(24-2)17(14)18(22)19-13(11-16(20)21)12-7-4-3-5-8-12/h3-10,13H,11H2,1-2H3,(H,19,22)(H,20,21). The first-order valence-corrected chi connectivity index (χ1v) is 7.35. The first-order chi connectivity index (χ1) is 11.6. The molecule has 0 saturated carbocycles. The minimum atomic E-state index is -1.00. The van der Waals surface area contributed by atoms with Crippen molar-refractivity contribution in [3.63, 3.8) is 0 Å². The molecule has 0 bridgehead atoms. The number of ether oxygens (including phenoxy) is 2. The van der Waals surface area contributed by atoms with Gasteiger partial charge in [-0.05, 0) is 17.7 Å². The molecule has 0 aliphatic rings. The van der Waals surface area contributed by atoms with E-state index in [1.54, 1.807) is 42.5 Å². The topological polar surface area (TPSA) is 84.9 Å². The fraction of sp³-hybridized carbons (Fsp3) is 0.222. The molecule has 1 unspecified atom stereocenters. The van der Waals surface area contributed by atoms with Crippen LogP contribution in [0.3, 0.4) is 0 Å². The minimum Gasteiger partial charge on any atom is -0.496 e. The molecule has 0 radical (unpaired) electrons. The number of benzene rings is 2. The second kappa shape index (κ2) is 8.01. The summed E-state index contributed by atoms with van der Waals surface area (Å²) in [5.74, 6) is -0.751. The highest BCUT2D eigenvalue weighted by Gasteiger charge is 2.23. The van der Waals surface area contributed by atoms with Gasteiger partial charge in [0, 0.05) is 0 Å². The van der Waals surface area contributed by atoms with Gasteiger partial charge in [-0.2, -0.15) is 0 Å². The van der Waals surface area contributed by atoms with Crippen LogP contribution in [0.15, 0.2) is 48.5 Å². The van der Waals surface area contributed by atoms with Crippen LogP contribution in [-0.2, 0) is 4.79 Å². The second-order valence-corrected chi connectivity index (χ2v) is 5.07. The highest BCUT2D eigenvalue weighted by molar-refractivity contribution is 6.00. The largest absolute Gasteiger partial charge is 0.496 e. The summed E-state index contributed by atoms with van der Waals surface area (Å²) in [6.45, 7) is 0. The Bertz CT molecular complexity index is 692. The Balaban J connectivity index is 2.33. The molecule has 2 aromatic carbocycles. The Morgan fingerprint density at radius 2 is 1.58 bits per heavy atom. The lowest BCUT2D eigenvalue weighted by molar-refractivity contribution is -0.137. The molecular formula is C18H19NO5. The molecule has 2 N–H and O–H groups in total. The maximum absolute atomic E-state index is 12.7. The monoisotopic (exact) mass is 329 g/mol. The summed E-state index contributed by atoms with van der Waals surface area (Å²) in [5.41, 5.74) is 0.941. The average molecular weight is 329 g/mol. The summed E-state index contributed by atoms with van der Waals surface area (Å²) in [7, 11) is 2.91. The summed E-state index contributed by atoms with van der Waals surface area (Å²) in [5, 5.41) is 11.9. The van der Waals surface area contributed by atoms with Gasteiger partial charge in [-0.15, -0.1) is 0 Å². The number of hydrogen-bond donors (Lipinski definition) is 2. The average Bonchev–Trinajstić information content (AvgIpc) is 2.60. The number of carboxylic acid groups (broad SMARTS) is 1. The van der Waals surface area contributed by atoms with Gasteiger partial charge in [0.2, 0.25) is 0 Å². The van der Waals surface area contributed by atoms with Crippen LogP contribution in [0, 0.1) is 0 Å². The molecule has 6 heteroatoms. The molecule has 24 heavy (non-hydrogen) atoms. The lowest BCUT2D eigenvalue weighted by atomic mass is 10.0. The molecule has 0 aromatic heterocycles. The van der Waals surface area contributed by atoms with Crippen molar-refractivity contribution in [2.24, 2.45) is 0 Å². The molecular weight excluding hydrogens is 310 g/mol. The summed E-state index contributed by atoms with van der Waals surface area (Å²) >= 11 is 0. The smallest absolute Gasteiger partial charge is 0.305 e. The third kappa shape index (κ3) is 4.04. The number of carbonyl (C=O) groups is 2. The van der Waals surface area contributed by atoms with Crippen LogP contribution >= 0.6 is 0 Å². The number of hydrogen-bond acceptors (Lipinski definition) is 4. The fourth-order valence-electron chi connectivity index (χ4n) is 2.42. The molecule has 0 heterocycles. The zero-order valence-corrected chi connectivity index (χ0v) is 13.5. The van der Waals surface area contributed by atoms with Crippen LogP contribution in [0.4, 0.5) is 0 Å². The molecule has 2 rings (SSSR count). The third-order valence-corrected chi connectivity index (χ3v) is 3.54. The van der Waals surface area contributed by atoms with E-state index in [2.05, 4.69) is 5.32 Å². The summed E-state index contributed by atoms with van der Waals surface area (Å²) in [4.78, 5) is 23.9. The van der Waals surface area contributed by atoms with Crippen molar-refractivity contribution in [2.75, 3.05) is 14.2 Å². The fourth-order valence-corrected chi connectivity index (χ4v) is 2.42. The summed E-state index contributed by atoms with van der Waals surface area (Å²) in [6.07, 6.45) is -0.229. The maximum atomic E-state index is 12.7. The molecule has 0 spiro atoms. The summed E-state index contributed by atoms with van der Waals surface area (Å²) in [6, 6.07) is 13.3. The SMILES string of the molecule is COc1cccc(OC)c1C(=O)NC(CC(=O)O)c1ccccc1. The van der Waals surface area contributed by atoms with Crippen molar-refractivity contribution in [3.8, 4) is 11.5 Å². The normalized spacial score (nSPS) is 11.4. The van der Waals surface area contributed by atoms with Crippen LogP contribution in [0.25, 0.3) is 0 Å². The van der Waals surface area contributed by atoms with Gasteiger partial charge in [-0.25, -0.2) is 0 Å². The van der Waals surface area contributed by atoms with E-state index < -0.39 is 17.9 Å². The van der Waals surface area contributed by atoms with Gasteiger partial charge in [0.25, 0.3) is 5.91 Å². The highest BCUT2D eigenvalue weighted by atomic mass is 16.5. The molecule has 1 atom stereocenters. The number of rotatable bonds is 7. The predicted octanol–water partition coefficient (Wildman–Crippen LogP) is 2.65. The van der Waals surface area contributed by atoms with E-state index in [1.165, 1.54) is 14.2 Å². The van der Waals surface area contributed by atoms with Gasteiger partial charge < -0.3 is 19.9 Å². The van der Waals surface area contributed by atoms with Crippen LogP contribution in [-0.4, -0.2) is 31.2 Å². The van der Waals surface area contributed by atoms with Gasteiger partial charge >= 0.3 is 5.97 Å². The van der Waals surface area contributed by atoms with E-state index in [9.17, 15) is 9.59 Å². The Morgan fingerprint density at radius 1 is 1.00 bits per heavy atom. The quantitative estimate of drug-likeness (QED) is 0.816. The number of carbonyl (C=O) groups excluding carboxylic acids is 1. The van der Waals surface area contributed by atoms with Crippen molar-refractivity contribution in [1.29, 1.82) is 0 Å². The number of aliphatic carboxylic acids is 1. The highest BCUT2D eigenvalue weighted by Crippen LogP contribution is 2.29. The van der Waals surface area contributed by atoms with E-state index >= 15 is 0 Å². The van der Waals surface area contributed by atoms with E-state index in [1.807, 2.05) is 6.07 Å². The van der Waals surface area contributed by atoms with Crippen LogP contribution in [0.5, 0.6) is 11.5 Å². The van der Waals surface area contributed by atoms with Crippen molar-refractivity contribution >= 4 is 11.9 Å². The number of methoxy groups -OCH3 is 2. The van der Waals surface area contributed by atoms with E-state index in [0.717, 1.165) is 0 Å². The Kier molecular flexibility index (Phi) is 5.78. The maximum Gasteiger partial charge on any atom is 0.305 e. The van der Waals surface area contributed by atoms with Crippen molar-refractivity contribution in [3.05, 3.63) is 59.7 Å². The predicted molar refractivity (Wildman–Crippen MR) is 88.4 cm³/mol. The van der Waals surface area contributed by atoms with E-state index in [0.29, 0.717) is 17.1 Å². The molecule has 0 fully saturated rings. The molecule has 0 saturated heterocycles. The number of amides is 1. The lowest BCUT2D eigenvalue weighted by Gasteiger charge is -2.19. The molecule has 1 amide bonds. The van der Waals surface area contributed by atoms with Crippen LogP contribution in [0.2, 0.25) is 0 Å². The molecule has 6 nitrogen and oxygen atoms in total. The molecule has 126 valence electrons. The first kappa shape index (κ1) is 17.3. The molecule has 2 aromatic rings. The Morgan fingerprint density at radius 3 is 2.08 bits per heavy atom. The van der Waals surface area contributed by atoms with Gasteiger partial charge in [0.15, 0.2) is 0 Å². The lowest BCUT2D eigenvalue weighted by Crippen LogP contribution is -2.30. The third-order valence-electron chi connectivity index (χ3n) is 3.54. The van der Waals surface area contributed by atoms with Crippen molar-refractivity contribution in [2.45, 2.75) is 12.5 Å². The minimum absolute atomic E-state index is 0.229. The van der Waals surface area contributed by atoms with Gasteiger partial charge in [-0.1, -0.05) is 36.4 Å². The van der Waals surface area contributed by atoms with E-state index in [4.69, 9.17) is 14.6 Å². The Hall–Kier alpha value is -3.02. The zero-order valence-electron chi connectivity index (χ0n) is 13.5. The molecule has 0 aliphatic heterocycles. The second-order valence-electron chi connectivity index (χ2n) is 5.07.